The zero-order chi connectivity index (χ0) is 41.2. The highest BCUT2D eigenvalue weighted by atomic mass is 16.2. The van der Waals surface area contributed by atoms with Gasteiger partial charge < -0.3 is 42.1 Å². The van der Waals surface area contributed by atoms with E-state index in [0.29, 0.717) is 51.0 Å². The van der Waals surface area contributed by atoms with Crippen LogP contribution in [0, 0.1) is 0 Å². The van der Waals surface area contributed by atoms with Crippen molar-refractivity contribution in [3.63, 3.8) is 0 Å². The van der Waals surface area contributed by atoms with E-state index in [9.17, 15) is 28.8 Å². The largest absolute Gasteiger partial charge is 0.368 e. The lowest BCUT2D eigenvalue weighted by molar-refractivity contribution is -0.136. The lowest BCUT2D eigenvalue weighted by Gasteiger charge is -2.36. The van der Waals surface area contributed by atoms with Gasteiger partial charge in [0.25, 0.3) is 0 Å². The fourth-order valence-electron chi connectivity index (χ4n) is 6.94. The third-order valence-corrected chi connectivity index (χ3v) is 10.2. The zero-order valence-electron chi connectivity index (χ0n) is 32.6. The number of aldehydes is 1. The van der Waals surface area contributed by atoms with Gasteiger partial charge in [0.1, 0.15) is 23.9 Å². The molecule has 0 unspecified atom stereocenters. The van der Waals surface area contributed by atoms with Crippen molar-refractivity contribution in [1.82, 2.24) is 36.2 Å². The molecule has 8 N–H and O–H groups in total. The minimum atomic E-state index is -1.21. The van der Waals surface area contributed by atoms with Gasteiger partial charge in [-0.15, -0.1) is 0 Å². The smallest absolute Gasteiger partial charge is 0.243 e. The van der Waals surface area contributed by atoms with Crippen molar-refractivity contribution in [1.29, 1.82) is 0 Å². The van der Waals surface area contributed by atoms with Crippen LogP contribution in [0.3, 0.4) is 0 Å². The summed E-state index contributed by atoms with van der Waals surface area (Å²) in [4.78, 5) is 88.7. The van der Waals surface area contributed by atoms with Gasteiger partial charge in [-0.2, -0.15) is 0 Å². The van der Waals surface area contributed by atoms with Crippen molar-refractivity contribution in [2.75, 3.05) is 11.9 Å². The van der Waals surface area contributed by atoms with Gasteiger partial charge in [-0.05, 0) is 98.9 Å². The van der Waals surface area contributed by atoms with E-state index in [4.69, 9.17) is 5.73 Å². The number of aryl methyl sites for hydroxylation is 1. The number of benzene rings is 2. The molecule has 1 aliphatic rings. The zero-order valence-corrected chi connectivity index (χ0v) is 32.6. The molecule has 15 nitrogen and oxygen atoms in total. The minimum Gasteiger partial charge on any atom is -0.368 e. The van der Waals surface area contributed by atoms with E-state index < -0.39 is 35.3 Å². The van der Waals surface area contributed by atoms with Crippen molar-refractivity contribution in [2.24, 2.45) is 5.73 Å². The number of carbonyl (C=O) groups is 6. The topological polar surface area (TPSA) is 230 Å². The molecule has 4 aromatic rings. The van der Waals surface area contributed by atoms with Crippen LogP contribution in [0.4, 0.5) is 11.6 Å². The summed E-state index contributed by atoms with van der Waals surface area (Å²) in [6, 6.07) is 16.9. The Morgan fingerprint density at radius 3 is 2.34 bits per heavy atom. The molecular formula is C43H53N9O6. The van der Waals surface area contributed by atoms with Crippen molar-refractivity contribution < 1.29 is 28.8 Å². The summed E-state index contributed by atoms with van der Waals surface area (Å²) in [5.41, 5.74) is 8.85. The van der Waals surface area contributed by atoms with E-state index in [-0.39, 0.29) is 37.5 Å². The van der Waals surface area contributed by atoms with E-state index in [2.05, 4.69) is 41.5 Å². The van der Waals surface area contributed by atoms with Crippen molar-refractivity contribution in [3.05, 3.63) is 90.3 Å². The van der Waals surface area contributed by atoms with Crippen molar-refractivity contribution in [2.45, 2.75) is 101 Å². The number of anilines is 2. The van der Waals surface area contributed by atoms with Crippen LogP contribution >= 0.6 is 0 Å². The number of rotatable bonds is 22. The highest BCUT2D eigenvalue weighted by Gasteiger charge is 2.41. The van der Waals surface area contributed by atoms with E-state index in [0.717, 1.165) is 53.4 Å². The molecule has 2 aromatic heterocycles. The predicted octanol–water partition coefficient (Wildman–Crippen LogP) is 4.28. The van der Waals surface area contributed by atoms with Gasteiger partial charge in [0.2, 0.25) is 35.5 Å². The van der Waals surface area contributed by atoms with Gasteiger partial charge in [-0.1, -0.05) is 49.6 Å². The van der Waals surface area contributed by atoms with Crippen LogP contribution in [0.5, 0.6) is 0 Å². The Labute approximate surface area is 337 Å². The van der Waals surface area contributed by atoms with Crippen LogP contribution in [0.2, 0.25) is 0 Å². The van der Waals surface area contributed by atoms with Gasteiger partial charge in [-0.25, -0.2) is 4.98 Å². The van der Waals surface area contributed by atoms with Gasteiger partial charge in [-0.3, -0.25) is 29.0 Å². The number of hydrogen-bond donors (Lipinski definition) is 7. The Balaban J connectivity index is 1.19. The first-order valence-electron chi connectivity index (χ1n) is 20.0. The number of aromatic amines is 1. The maximum absolute atomic E-state index is 13.9. The number of hydrogen-bond acceptors (Lipinski definition) is 9. The lowest BCUT2D eigenvalue weighted by atomic mass is 9.80. The molecular weight excluding hydrogens is 739 g/mol. The normalized spacial score (nSPS) is 14.6. The second kappa shape index (κ2) is 21.8. The quantitative estimate of drug-likeness (QED) is 0.0342. The average molecular weight is 792 g/mol. The van der Waals surface area contributed by atoms with Crippen LogP contribution in [-0.2, 0) is 35.2 Å². The van der Waals surface area contributed by atoms with Crippen LogP contribution in [0.15, 0.2) is 79.1 Å². The van der Waals surface area contributed by atoms with E-state index in [1.807, 2.05) is 54.6 Å². The number of unbranched alkanes of at least 4 members (excludes halogenated alkanes) is 2. The molecule has 0 spiro atoms. The third-order valence-electron chi connectivity index (χ3n) is 10.2. The Hall–Kier alpha value is -6.38. The van der Waals surface area contributed by atoms with Gasteiger partial charge in [0.05, 0.1) is 11.0 Å². The minimum absolute atomic E-state index is 0.101. The highest BCUT2D eigenvalue weighted by molar-refractivity contribution is 5.95. The first-order valence-corrected chi connectivity index (χ1v) is 20.0. The Morgan fingerprint density at radius 1 is 0.862 bits per heavy atom. The van der Waals surface area contributed by atoms with Gasteiger partial charge >= 0.3 is 0 Å². The molecule has 5 amide bonds. The summed E-state index contributed by atoms with van der Waals surface area (Å²) in [7, 11) is 0. The Bertz CT molecular complexity index is 1990. The van der Waals surface area contributed by atoms with Gasteiger partial charge in [0, 0.05) is 43.5 Å². The standard InChI is InChI=1S/C43H53N9O6/c44-41(58)43(24-6-1-7-25-43)52-40(57)36(15-5-9-28-53)49-39(56)35(14-4-8-27-46-37(54)22-19-31-11-10-26-45-29-31)48-38(55)23-18-30-16-20-32(21-17-30)47-42-50-33-12-2-3-13-34(33)51-42/h2-3,10-13,16-17,19-22,26,28-29,35-36H,1,4-9,14-15,18,23-25,27H2,(H2,44,58)(H,46,54)(H,48,55)(H,49,56)(H,52,57)(H2,47,50,51)/b22-19+/t35-,36-/m1/s1. The lowest BCUT2D eigenvalue weighted by Crippen LogP contribution is -2.62. The summed E-state index contributed by atoms with van der Waals surface area (Å²) < 4.78 is 0. The van der Waals surface area contributed by atoms with Crippen molar-refractivity contribution >= 4 is 64.6 Å². The van der Waals surface area contributed by atoms with E-state index >= 15 is 0 Å². The molecule has 306 valence electrons. The number of nitrogens with two attached hydrogens (primary N) is 1. The van der Waals surface area contributed by atoms with Crippen LogP contribution in [-0.4, -0.2) is 74.9 Å². The monoisotopic (exact) mass is 791 g/mol. The number of carbonyl (C=O) groups excluding carboxylic acids is 6. The highest BCUT2D eigenvalue weighted by Crippen LogP contribution is 2.28. The Morgan fingerprint density at radius 2 is 1.62 bits per heavy atom. The molecule has 1 saturated carbocycles. The van der Waals surface area contributed by atoms with E-state index in [1.54, 1.807) is 24.5 Å². The molecule has 58 heavy (non-hydrogen) atoms. The number of nitrogens with zero attached hydrogens (tertiary/aromatic N) is 2. The molecule has 0 aliphatic heterocycles. The number of amides is 5. The number of para-hydroxylation sites is 2. The summed E-state index contributed by atoms with van der Waals surface area (Å²) in [5.74, 6) is -1.77. The van der Waals surface area contributed by atoms with E-state index in [1.165, 1.54) is 6.08 Å². The average Bonchev–Trinajstić information content (AvgIpc) is 3.64. The molecule has 1 aliphatic carbocycles. The number of nitrogens with one attached hydrogen (secondary N) is 6. The number of aromatic nitrogens is 3. The molecule has 0 saturated heterocycles. The van der Waals surface area contributed by atoms with Crippen LogP contribution < -0.4 is 32.3 Å². The third kappa shape index (κ3) is 13.1. The molecule has 15 heteroatoms. The molecule has 0 bridgehead atoms. The molecule has 2 heterocycles. The van der Waals surface area contributed by atoms with Crippen LogP contribution in [0.25, 0.3) is 17.1 Å². The second-order valence-corrected chi connectivity index (χ2v) is 14.6. The molecule has 1 fully saturated rings. The first kappa shape index (κ1) is 42.8. The molecule has 5 rings (SSSR count). The maximum Gasteiger partial charge on any atom is 0.243 e. The SMILES string of the molecule is NC(=O)C1(NC(=O)[C@@H](CCCC=O)NC(=O)[C@@H](CCCCNC(=O)/C=C/c2cccnc2)NC(=O)CCc2ccc(Nc3nc4ccccc4[nH]3)cc2)CCCCC1. The Kier molecular flexibility index (Phi) is 16.1. The first-order chi connectivity index (χ1) is 28.1. The fourth-order valence-corrected chi connectivity index (χ4v) is 6.94. The number of primary amides is 1. The fraction of sp³-hybridized carbons (Fsp3) is 0.395. The van der Waals surface area contributed by atoms with Crippen LogP contribution in [0.1, 0.15) is 88.2 Å². The number of pyridine rings is 1. The molecule has 2 aromatic carbocycles. The summed E-state index contributed by atoms with van der Waals surface area (Å²) in [5, 5.41) is 14.6. The molecule has 0 radical (unpaired) electrons. The summed E-state index contributed by atoms with van der Waals surface area (Å²) in [6.45, 7) is 0.339. The number of imidazole rings is 1. The molecule has 2 atom stereocenters. The maximum atomic E-state index is 13.9. The number of H-pyrrole nitrogens is 1. The number of fused-ring (bicyclic) bond motifs is 1. The summed E-state index contributed by atoms with van der Waals surface area (Å²) >= 11 is 0. The second-order valence-electron chi connectivity index (χ2n) is 14.6. The van der Waals surface area contributed by atoms with Gasteiger partial charge in [0.15, 0.2) is 0 Å². The summed E-state index contributed by atoms with van der Waals surface area (Å²) in [6.07, 6.45) is 12.7. The van der Waals surface area contributed by atoms with Crippen molar-refractivity contribution in [3.8, 4) is 0 Å². The predicted molar refractivity (Wildman–Crippen MR) is 221 cm³/mol.